The van der Waals surface area contributed by atoms with Crippen molar-refractivity contribution in [2.24, 2.45) is 0 Å². The number of hydrogen-bond acceptors (Lipinski definition) is 0. The number of nitrogens with zero attached hydrogens (tertiary/aromatic N) is 4. The predicted molar refractivity (Wildman–Crippen MR) is 243 cm³/mol. The van der Waals surface area contributed by atoms with Gasteiger partial charge >= 0.3 is 0 Å². The molecule has 0 fully saturated rings. The number of rotatable bonds is 2. The van der Waals surface area contributed by atoms with Gasteiger partial charge in [0.1, 0.15) is 0 Å². The summed E-state index contributed by atoms with van der Waals surface area (Å²) in [6, 6.07) is 50.6. The molecule has 0 radical (unpaired) electrons. The molecule has 0 saturated heterocycles. The molecule has 0 spiro atoms. The zero-order valence-corrected chi connectivity index (χ0v) is 32.1. The van der Waals surface area contributed by atoms with Crippen LogP contribution < -0.4 is 0 Å². The van der Waals surface area contributed by atoms with Crippen LogP contribution in [-0.2, 0) is 25.7 Å². The summed E-state index contributed by atoms with van der Waals surface area (Å²) in [5.41, 5.74) is 19.4. The van der Waals surface area contributed by atoms with Gasteiger partial charge in [-0.15, -0.1) is 0 Å². The fourth-order valence-corrected chi connectivity index (χ4v) is 12.4. The van der Waals surface area contributed by atoms with Gasteiger partial charge in [-0.25, -0.2) is 0 Å². The largest absolute Gasteiger partial charge is 0.312 e. The van der Waals surface area contributed by atoms with Crippen LogP contribution in [0.5, 0.6) is 0 Å². The normalized spacial score (nSPS) is 15.0. The van der Waals surface area contributed by atoms with E-state index in [1.807, 2.05) is 0 Å². The summed E-state index contributed by atoms with van der Waals surface area (Å²) in [4.78, 5) is 0. The van der Waals surface area contributed by atoms with Crippen molar-refractivity contribution in [2.45, 2.75) is 51.4 Å². The highest BCUT2D eigenvalue weighted by molar-refractivity contribution is 6.37. The summed E-state index contributed by atoms with van der Waals surface area (Å²) in [5.74, 6) is 0. The van der Waals surface area contributed by atoms with Crippen LogP contribution in [0.4, 0.5) is 0 Å². The third-order valence-corrected chi connectivity index (χ3v) is 14.5. The molecule has 4 heteroatoms. The maximum absolute atomic E-state index is 2.73. The number of hydrogen-bond donors (Lipinski definition) is 0. The first-order chi connectivity index (χ1) is 28.8. The summed E-state index contributed by atoms with van der Waals surface area (Å²) in [7, 11) is 0. The molecule has 2 aliphatic carbocycles. The lowest BCUT2D eigenvalue weighted by molar-refractivity contribution is 0.673. The van der Waals surface area contributed by atoms with Gasteiger partial charge in [-0.3, -0.25) is 0 Å². The molecule has 0 atom stereocenters. The molecule has 7 aromatic carbocycles. The quantitative estimate of drug-likeness (QED) is 0.168. The third kappa shape index (κ3) is 3.48. The van der Waals surface area contributed by atoms with Crippen molar-refractivity contribution in [2.75, 3.05) is 0 Å². The van der Waals surface area contributed by atoms with Gasteiger partial charge in [-0.05, 0) is 123 Å². The molecule has 2 aliphatic rings. The SMILES string of the molecule is c1ccc(-n2c3ccccc3c3c4c5cc6c7c8c9ccccc9n(-c9ccccc9)c8cc8c9c(n(c6cc5n5c6c(c(cc32)c45)CCCC6)c87)CCCC9)cc1. The van der Waals surface area contributed by atoms with Crippen LogP contribution in [0.3, 0.4) is 0 Å². The number of para-hydroxylation sites is 4. The smallest absolute Gasteiger partial charge is 0.0621 e. The minimum absolute atomic E-state index is 1.13. The van der Waals surface area contributed by atoms with Crippen LogP contribution in [0.1, 0.15) is 48.2 Å². The Bertz CT molecular complexity index is 3640. The second-order valence-corrected chi connectivity index (χ2v) is 17.3. The Morgan fingerprint density at radius 2 is 0.741 bits per heavy atom. The van der Waals surface area contributed by atoms with E-state index in [1.165, 1.54) is 146 Å². The van der Waals surface area contributed by atoms with E-state index in [0.717, 1.165) is 25.7 Å². The van der Waals surface area contributed by atoms with E-state index in [2.05, 4.69) is 151 Å². The second kappa shape index (κ2) is 10.6. The minimum Gasteiger partial charge on any atom is -0.312 e. The lowest BCUT2D eigenvalue weighted by atomic mass is 9.92. The van der Waals surface area contributed by atoms with Crippen molar-refractivity contribution in [3.8, 4) is 11.4 Å². The summed E-state index contributed by atoms with van der Waals surface area (Å²) in [6.45, 7) is 0. The van der Waals surface area contributed by atoms with E-state index in [9.17, 15) is 0 Å². The van der Waals surface area contributed by atoms with Gasteiger partial charge in [0.25, 0.3) is 0 Å². The summed E-state index contributed by atoms with van der Waals surface area (Å²) < 4.78 is 10.5. The molecule has 6 heterocycles. The molecule has 0 aliphatic heterocycles. The Kier molecular flexibility index (Phi) is 5.54. The average Bonchev–Trinajstić information content (AvgIpc) is 4.11. The lowest BCUT2D eigenvalue weighted by Gasteiger charge is -2.14. The first kappa shape index (κ1) is 30.4. The fourth-order valence-electron chi connectivity index (χ4n) is 12.4. The number of benzene rings is 7. The minimum atomic E-state index is 1.13. The van der Waals surface area contributed by atoms with Crippen molar-refractivity contribution >= 4 is 98.0 Å². The number of aryl methyl sites for hydroxylation is 4. The van der Waals surface area contributed by atoms with Crippen LogP contribution in [0, 0.1) is 0 Å². The number of fused-ring (bicyclic) bond motifs is 20. The van der Waals surface area contributed by atoms with Crippen LogP contribution in [0.15, 0.2) is 133 Å². The Morgan fingerprint density at radius 3 is 1.22 bits per heavy atom. The van der Waals surface area contributed by atoms with Crippen LogP contribution in [-0.4, -0.2) is 17.9 Å². The molecule has 0 amide bonds. The van der Waals surface area contributed by atoms with E-state index >= 15 is 0 Å². The van der Waals surface area contributed by atoms with Gasteiger partial charge in [0.15, 0.2) is 0 Å². The van der Waals surface area contributed by atoms with E-state index < -0.39 is 0 Å². The Hall–Kier alpha value is -6.78. The summed E-state index contributed by atoms with van der Waals surface area (Å²) in [6.07, 6.45) is 9.57. The van der Waals surface area contributed by atoms with Gasteiger partial charge in [-0.1, -0.05) is 72.8 Å². The van der Waals surface area contributed by atoms with Gasteiger partial charge in [-0.2, -0.15) is 0 Å². The molecule has 0 unspecified atom stereocenters. The average molecular weight is 743 g/mol. The predicted octanol–water partition coefficient (Wildman–Crippen LogP) is 13.6. The van der Waals surface area contributed by atoms with Crippen molar-refractivity contribution in [3.63, 3.8) is 0 Å². The first-order valence-corrected chi connectivity index (χ1v) is 21.4. The molecule has 13 aromatic rings. The Balaban J connectivity index is 1.21. The van der Waals surface area contributed by atoms with E-state index in [1.54, 1.807) is 11.1 Å². The molecular weight excluding hydrogens is 705 g/mol. The van der Waals surface area contributed by atoms with Crippen LogP contribution >= 0.6 is 0 Å². The maximum atomic E-state index is 2.73. The van der Waals surface area contributed by atoms with Crippen LogP contribution in [0.25, 0.3) is 109 Å². The summed E-state index contributed by atoms with van der Waals surface area (Å²) in [5, 5.41) is 13.9. The molecule has 58 heavy (non-hydrogen) atoms. The summed E-state index contributed by atoms with van der Waals surface area (Å²) >= 11 is 0. The van der Waals surface area contributed by atoms with Gasteiger partial charge in [0.05, 0.1) is 44.1 Å². The molecule has 0 saturated carbocycles. The standard InChI is InChI=1S/C54H38N4/c1-3-15-31(16-4-1)55-43-25-13-9-21-35(43)49-47(55)28-37-33-19-7-11-23-41(33)57-45-30-46-40(27-39(45)51(49)53(37)57)52-50-36-22-10-14-26-44(36)56(32-17-5-2-6-18-32)48(50)29-38-34-20-8-12-24-42(34)58(46)54(38)52/h1-6,9-10,13-18,21-22,25-30H,7-8,11-12,19-20,23-24H2. The monoisotopic (exact) mass is 742 g/mol. The lowest BCUT2D eigenvalue weighted by Crippen LogP contribution is -2.04. The highest BCUT2D eigenvalue weighted by Crippen LogP contribution is 2.51. The fraction of sp³-hybridized carbons (Fsp3) is 0.148. The van der Waals surface area contributed by atoms with Crippen molar-refractivity contribution in [1.82, 2.24) is 17.9 Å². The van der Waals surface area contributed by atoms with Crippen molar-refractivity contribution < 1.29 is 0 Å². The van der Waals surface area contributed by atoms with Gasteiger partial charge in [0.2, 0.25) is 0 Å². The molecule has 0 N–H and O–H groups in total. The van der Waals surface area contributed by atoms with E-state index in [4.69, 9.17) is 0 Å². The van der Waals surface area contributed by atoms with E-state index in [0.29, 0.717) is 0 Å². The van der Waals surface area contributed by atoms with E-state index in [-0.39, 0.29) is 0 Å². The van der Waals surface area contributed by atoms with Crippen molar-refractivity contribution in [1.29, 1.82) is 0 Å². The zero-order chi connectivity index (χ0) is 37.4. The third-order valence-electron chi connectivity index (χ3n) is 14.5. The molecule has 15 rings (SSSR count). The highest BCUT2D eigenvalue weighted by Gasteiger charge is 2.31. The van der Waals surface area contributed by atoms with Gasteiger partial charge < -0.3 is 17.9 Å². The van der Waals surface area contributed by atoms with Gasteiger partial charge in [0, 0.05) is 76.6 Å². The molecule has 0 bridgehead atoms. The molecular formula is C54H38N4. The first-order valence-electron chi connectivity index (χ1n) is 21.4. The second-order valence-electron chi connectivity index (χ2n) is 17.3. The molecule has 6 aromatic heterocycles. The highest BCUT2D eigenvalue weighted by atomic mass is 15.0. The Morgan fingerprint density at radius 1 is 0.310 bits per heavy atom. The molecule has 4 nitrogen and oxygen atoms in total. The van der Waals surface area contributed by atoms with Crippen molar-refractivity contribution in [3.05, 3.63) is 156 Å². The molecule has 274 valence electrons. The van der Waals surface area contributed by atoms with Crippen LogP contribution in [0.2, 0.25) is 0 Å². The number of aromatic nitrogens is 4. The topological polar surface area (TPSA) is 18.7 Å². The Labute approximate surface area is 333 Å². The maximum Gasteiger partial charge on any atom is 0.0621 e. The zero-order valence-electron chi connectivity index (χ0n) is 32.1.